The highest BCUT2D eigenvalue weighted by Gasteiger charge is 2.26. The molecule has 1 aromatic heterocycles. The van der Waals surface area contributed by atoms with E-state index in [0.717, 1.165) is 24.7 Å². The Morgan fingerprint density at radius 2 is 1.90 bits per heavy atom. The van der Waals surface area contributed by atoms with Crippen LogP contribution >= 0.6 is 0 Å². The molecule has 1 fully saturated rings. The molecule has 1 heterocycles. The van der Waals surface area contributed by atoms with Gasteiger partial charge in [-0.2, -0.15) is 4.98 Å². The van der Waals surface area contributed by atoms with E-state index in [9.17, 15) is 0 Å². The van der Waals surface area contributed by atoms with E-state index in [1.54, 1.807) is 0 Å². The molecular weight excluding hydrogens is 250 g/mol. The van der Waals surface area contributed by atoms with E-state index in [1.807, 2.05) is 0 Å². The first-order valence-corrected chi connectivity index (χ1v) is 8.33. The molecule has 0 aromatic carbocycles. The van der Waals surface area contributed by atoms with Crippen molar-refractivity contribution >= 4 is 0 Å². The van der Waals surface area contributed by atoms with Gasteiger partial charge in [0, 0.05) is 12.0 Å². The summed E-state index contributed by atoms with van der Waals surface area (Å²) in [5, 5.41) is 7.75. The number of nitrogens with one attached hydrogen (secondary N) is 1. The van der Waals surface area contributed by atoms with E-state index in [2.05, 4.69) is 31.2 Å². The van der Waals surface area contributed by atoms with Crippen molar-refractivity contribution < 1.29 is 4.52 Å². The minimum atomic E-state index is 0.321. The van der Waals surface area contributed by atoms with E-state index < -0.39 is 0 Å². The zero-order chi connectivity index (χ0) is 14.4. The van der Waals surface area contributed by atoms with Crippen molar-refractivity contribution in [3.63, 3.8) is 0 Å². The van der Waals surface area contributed by atoms with Gasteiger partial charge in [0.2, 0.25) is 5.89 Å². The van der Waals surface area contributed by atoms with Crippen LogP contribution in [0.1, 0.15) is 89.3 Å². The van der Waals surface area contributed by atoms with Crippen molar-refractivity contribution in [2.45, 2.75) is 83.6 Å². The summed E-state index contributed by atoms with van der Waals surface area (Å²) >= 11 is 0. The Kier molecular flexibility index (Phi) is 6.02. The standard InChI is InChI=1S/C16H29N3O/c1-4-14(12(3)17-5-2)16-18-15(19-20-16)13-10-8-6-7-9-11-13/h12-14,17H,4-11H2,1-3H3. The van der Waals surface area contributed by atoms with Gasteiger partial charge in [-0.05, 0) is 32.7 Å². The van der Waals surface area contributed by atoms with Crippen molar-refractivity contribution in [3.8, 4) is 0 Å². The first-order valence-electron chi connectivity index (χ1n) is 8.33. The molecule has 1 N–H and O–H groups in total. The lowest BCUT2D eigenvalue weighted by Crippen LogP contribution is -2.31. The van der Waals surface area contributed by atoms with Crippen LogP contribution in [-0.4, -0.2) is 22.7 Å². The highest BCUT2D eigenvalue weighted by molar-refractivity contribution is 5.02. The SMILES string of the molecule is CCNC(C)C(CC)c1nc(C2CCCCCC2)no1. The first-order chi connectivity index (χ1) is 9.76. The van der Waals surface area contributed by atoms with E-state index >= 15 is 0 Å². The zero-order valence-electron chi connectivity index (χ0n) is 13.2. The molecule has 1 aliphatic rings. The quantitative estimate of drug-likeness (QED) is 0.800. The number of rotatable bonds is 6. The molecule has 1 aliphatic carbocycles. The molecule has 0 saturated heterocycles. The van der Waals surface area contributed by atoms with Gasteiger partial charge < -0.3 is 9.84 Å². The number of hydrogen-bond acceptors (Lipinski definition) is 4. The smallest absolute Gasteiger partial charge is 0.231 e. The summed E-state index contributed by atoms with van der Waals surface area (Å²) < 4.78 is 5.58. The lowest BCUT2D eigenvalue weighted by atomic mass is 9.97. The van der Waals surface area contributed by atoms with Crippen LogP contribution in [0.2, 0.25) is 0 Å². The van der Waals surface area contributed by atoms with Crippen LogP contribution in [0.5, 0.6) is 0 Å². The fraction of sp³-hybridized carbons (Fsp3) is 0.875. The number of nitrogens with zero attached hydrogens (tertiary/aromatic N) is 2. The molecule has 0 bridgehead atoms. The highest BCUT2D eigenvalue weighted by Crippen LogP contribution is 2.31. The molecule has 0 spiro atoms. The molecule has 1 saturated carbocycles. The van der Waals surface area contributed by atoms with E-state index in [0.29, 0.717) is 17.9 Å². The molecule has 0 amide bonds. The molecule has 2 rings (SSSR count). The normalized spacial score (nSPS) is 20.6. The molecule has 2 atom stereocenters. The van der Waals surface area contributed by atoms with E-state index in [-0.39, 0.29) is 0 Å². The Morgan fingerprint density at radius 3 is 2.50 bits per heavy atom. The summed E-state index contributed by atoms with van der Waals surface area (Å²) in [5.74, 6) is 2.60. The van der Waals surface area contributed by atoms with Gasteiger partial charge in [0.05, 0.1) is 5.92 Å². The topological polar surface area (TPSA) is 51.0 Å². The van der Waals surface area contributed by atoms with Crippen molar-refractivity contribution in [3.05, 3.63) is 11.7 Å². The maximum absolute atomic E-state index is 5.58. The molecule has 4 heteroatoms. The maximum Gasteiger partial charge on any atom is 0.231 e. The van der Waals surface area contributed by atoms with Gasteiger partial charge in [-0.25, -0.2) is 0 Å². The predicted molar refractivity (Wildman–Crippen MR) is 80.9 cm³/mol. The molecule has 2 unspecified atom stereocenters. The van der Waals surface area contributed by atoms with Crippen LogP contribution in [0.25, 0.3) is 0 Å². The highest BCUT2D eigenvalue weighted by atomic mass is 16.5. The van der Waals surface area contributed by atoms with Gasteiger partial charge >= 0.3 is 0 Å². The molecule has 0 aliphatic heterocycles. The van der Waals surface area contributed by atoms with Gasteiger partial charge in [0.15, 0.2) is 5.82 Å². The van der Waals surface area contributed by atoms with Gasteiger partial charge in [-0.3, -0.25) is 0 Å². The van der Waals surface area contributed by atoms with Crippen LogP contribution in [0.15, 0.2) is 4.52 Å². The average Bonchev–Trinajstić information content (AvgIpc) is 2.75. The number of hydrogen-bond donors (Lipinski definition) is 1. The number of likely N-dealkylation sites (N-methyl/N-ethyl adjacent to an activating group) is 1. The lowest BCUT2D eigenvalue weighted by molar-refractivity contribution is 0.314. The van der Waals surface area contributed by atoms with E-state index in [4.69, 9.17) is 9.51 Å². The molecule has 114 valence electrons. The van der Waals surface area contributed by atoms with Crippen molar-refractivity contribution in [1.29, 1.82) is 0 Å². The summed E-state index contributed by atoms with van der Waals surface area (Å²) in [6.45, 7) is 7.50. The third kappa shape index (κ3) is 3.81. The van der Waals surface area contributed by atoms with Crippen LogP contribution in [0, 0.1) is 0 Å². The summed E-state index contributed by atoms with van der Waals surface area (Å²) in [6, 6.07) is 0.382. The second-order valence-electron chi connectivity index (χ2n) is 6.04. The fourth-order valence-corrected chi connectivity index (χ4v) is 3.31. The minimum absolute atomic E-state index is 0.321. The largest absolute Gasteiger partial charge is 0.339 e. The van der Waals surface area contributed by atoms with Gasteiger partial charge in [-0.15, -0.1) is 0 Å². The molecule has 4 nitrogen and oxygen atoms in total. The van der Waals surface area contributed by atoms with Crippen LogP contribution in [0.4, 0.5) is 0 Å². The Labute approximate surface area is 122 Å². The van der Waals surface area contributed by atoms with Crippen molar-refractivity contribution in [1.82, 2.24) is 15.5 Å². The minimum Gasteiger partial charge on any atom is -0.339 e. The molecular formula is C16H29N3O. The second-order valence-corrected chi connectivity index (χ2v) is 6.04. The Bertz CT molecular complexity index is 383. The average molecular weight is 279 g/mol. The molecule has 1 aromatic rings. The summed E-state index contributed by atoms with van der Waals surface area (Å²) in [4.78, 5) is 4.73. The number of aromatic nitrogens is 2. The summed E-state index contributed by atoms with van der Waals surface area (Å²) in [7, 11) is 0. The lowest BCUT2D eigenvalue weighted by Gasteiger charge is -2.19. The first kappa shape index (κ1) is 15.5. The van der Waals surface area contributed by atoms with E-state index in [1.165, 1.54) is 38.5 Å². The summed E-state index contributed by atoms with van der Waals surface area (Å²) in [6.07, 6.45) is 8.79. The van der Waals surface area contributed by atoms with Gasteiger partial charge in [-0.1, -0.05) is 44.7 Å². The third-order valence-electron chi connectivity index (χ3n) is 4.56. The zero-order valence-corrected chi connectivity index (χ0v) is 13.2. The second kappa shape index (κ2) is 7.77. The fourth-order valence-electron chi connectivity index (χ4n) is 3.31. The predicted octanol–water partition coefficient (Wildman–Crippen LogP) is 4.00. The van der Waals surface area contributed by atoms with Gasteiger partial charge in [0.1, 0.15) is 0 Å². The molecule has 20 heavy (non-hydrogen) atoms. The van der Waals surface area contributed by atoms with Crippen molar-refractivity contribution in [2.75, 3.05) is 6.54 Å². The summed E-state index contributed by atoms with van der Waals surface area (Å²) in [5.41, 5.74) is 0. The Morgan fingerprint density at radius 1 is 1.20 bits per heavy atom. The van der Waals surface area contributed by atoms with Crippen LogP contribution in [-0.2, 0) is 0 Å². The Hall–Kier alpha value is -0.900. The Balaban J connectivity index is 2.06. The van der Waals surface area contributed by atoms with Crippen LogP contribution in [0.3, 0.4) is 0 Å². The van der Waals surface area contributed by atoms with Crippen LogP contribution < -0.4 is 5.32 Å². The third-order valence-corrected chi connectivity index (χ3v) is 4.56. The monoisotopic (exact) mass is 279 g/mol. The van der Waals surface area contributed by atoms with Crippen molar-refractivity contribution in [2.24, 2.45) is 0 Å². The molecule has 0 radical (unpaired) electrons. The van der Waals surface area contributed by atoms with Gasteiger partial charge in [0.25, 0.3) is 0 Å². The maximum atomic E-state index is 5.58.